The highest BCUT2D eigenvalue weighted by atomic mass is 16.7. The van der Waals surface area contributed by atoms with E-state index in [2.05, 4.69) is 9.47 Å². The van der Waals surface area contributed by atoms with Crippen molar-refractivity contribution in [3.8, 4) is 0 Å². The first kappa shape index (κ1) is 6.10. The van der Waals surface area contributed by atoms with Gasteiger partial charge in [-0.15, -0.1) is 0 Å². The van der Waals surface area contributed by atoms with Crippen molar-refractivity contribution >= 4 is 5.97 Å². The second kappa shape index (κ2) is 2.06. The van der Waals surface area contributed by atoms with E-state index in [0.29, 0.717) is 5.70 Å². The molecule has 0 bridgehead atoms. The number of ether oxygens (including phenoxy) is 2. The van der Waals surface area contributed by atoms with Crippen LogP contribution in [0.3, 0.4) is 0 Å². The molecule has 50 valence electrons. The number of hydrogen-bond acceptors (Lipinski definition) is 4. The molecular weight excluding hydrogens is 122 g/mol. The Kier molecular flexibility index (Phi) is 1.40. The number of carbonyl (C=O) groups excluding carboxylic acids is 1. The van der Waals surface area contributed by atoms with Crippen molar-refractivity contribution in [1.29, 1.82) is 0 Å². The fraction of sp³-hybridized carbons (Fsp3) is 0.400. The standard InChI is InChI=1S/C5H7NO3/c1-8-5-3(6)2-4(7)9-5/h2,5H,6H2,1H3. The zero-order valence-corrected chi connectivity index (χ0v) is 4.96. The Morgan fingerprint density at radius 1 is 1.89 bits per heavy atom. The van der Waals surface area contributed by atoms with Crippen molar-refractivity contribution in [1.82, 2.24) is 0 Å². The van der Waals surface area contributed by atoms with Crippen molar-refractivity contribution in [2.75, 3.05) is 7.11 Å². The van der Waals surface area contributed by atoms with Crippen molar-refractivity contribution in [3.63, 3.8) is 0 Å². The third kappa shape index (κ3) is 1.02. The molecule has 2 N–H and O–H groups in total. The Morgan fingerprint density at radius 2 is 2.56 bits per heavy atom. The summed E-state index contributed by atoms with van der Waals surface area (Å²) in [6.07, 6.45) is 0.534. The smallest absolute Gasteiger partial charge is 0.335 e. The van der Waals surface area contributed by atoms with E-state index in [1.165, 1.54) is 13.2 Å². The van der Waals surface area contributed by atoms with Gasteiger partial charge in [-0.05, 0) is 0 Å². The second-order valence-corrected chi connectivity index (χ2v) is 1.65. The van der Waals surface area contributed by atoms with Crippen LogP contribution in [0.15, 0.2) is 11.8 Å². The van der Waals surface area contributed by atoms with Gasteiger partial charge in [-0.1, -0.05) is 0 Å². The molecular formula is C5H7NO3. The summed E-state index contributed by atoms with van der Waals surface area (Å²) in [6, 6.07) is 0. The molecule has 0 aromatic carbocycles. The number of rotatable bonds is 1. The van der Waals surface area contributed by atoms with Gasteiger partial charge >= 0.3 is 5.97 Å². The lowest BCUT2D eigenvalue weighted by Gasteiger charge is -2.06. The lowest BCUT2D eigenvalue weighted by atomic mass is 10.4. The molecule has 0 saturated heterocycles. The minimum Gasteiger partial charge on any atom is -0.426 e. The van der Waals surface area contributed by atoms with Gasteiger partial charge in [-0.2, -0.15) is 0 Å². The number of carbonyl (C=O) groups is 1. The minimum absolute atomic E-state index is 0.322. The number of hydrogen-bond donors (Lipinski definition) is 1. The van der Waals surface area contributed by atoms with E-state index in [4.69, 9.17) is 5.73 Å². The van der Waals surface area contributed by atoms with E-state index in [-0.39, 0.29) is 0 Å². The maximum absolute atomic E-state index is 10.4. The molecule has 1 atom stereocenters. The van der Waals surface area contributed by atoms with Gasteiger partial charge in [0.1, 0.15) is 0 Å². The van der Waals surface area contributed by atoms with E-state index >= 15 is 0 Å². The van der Waals surface area contributed by atoms with Crippen LogP contribution in [0.2, 0.25) is 0 Å². The largest absolute Gasteiger partial charge is 0.426 e. The second-order valence-electron chi connectivity index (χ2n) is 1.65. The number of cyclic esters (lactones) is 1. The summed E-state index contributed by atoms with van der Waals surface area (Å²) >= 11 is 0. The molecule has 0 radical (unpaired) electrons. The van der Waals surface area contributed by atoms with Crippen LogP contribution >= 0.6 is 0 Å². The lowest BCUT2D eigenvalue weighted by molar-refractivity contribution is -0.155. The third-order valence-corrected chi connectivity index (χ3v) is 0.994. The highest BCUT2D eigenvalue weighted by molar-refractivity contribution is 5.85. The van der Waals surface area contributed by atoms with Crippen LogP contribution in [-0.4, -0.2) is 19.4 Å². The molecule has 4 nitrogen and oxygen atoms in total. The van der Waals surface area contributed by atoms with Crippen LogP contribution in [0.5, 0.6) is 0 Å². The number of esters is 1. The highest BCUT2D eigenvalue weighted by Crippen LogP contribution is 2.09. The first-order valence-electron chi connectivity index (χ1n) is 2.44. The van der Waals surface area contributed by atoms with Crippen LogP contribution in [0.1, 0.15) is 0 Å². The van der Waals surface area contributed by atoms with Gasteiger partial charge < -0.3 is 15.2 Å². The third-order valence-electron chi connectivity index (χ3n) is 0.994. The summed E-state index contributed by atoms with van der Waals surface area (Å²) in [5.74, 6) is -0.445. The normalized spacial score (nSPS) is 25.7. The first-order chi connectivity index (χ1) is 4.24. The minimum atomic E-state index is -0.669. The molecule has 0 aliphatic carbocycles. The zero-order chi connectivity index (χ0) is 6.85. The molecule has 1 unspecified atom stereocenters. The fourth-order valence-electron chi connectivity index (χ4n) is 0.596. The lowest BCUT2D eigenvalue weighted by Crippen LogP contribution is -2.18. The summed E-state index contributed by atoms with van der Waals surface area (Å²) in [6.45, 7) is 0. The molecule has 4 heteroatoms. The van der Waals surface area contributed by atoms with Gasteiger partial charge in [0.25, 0.3) is 0 Å². The van der Waals surface area contributed by atoms with Gasteiger partial charge in [-0.25, -0.2) is 4.79 Å². The fourth-order valence-corrected chi connectivity index (χ4v) is 0.596. The van der Waals surface area contributed by atoms with Crippen molar-refractivity contribution < 1.29 is 14.3 Å². The van der Waals surface area contributed by atoms with Crippen LogP contribution in [-0.2, 0) is 14.3 Å². The van der Waals surface area contributed by atoms with Gasteiger partial charge in [0.15, 0.2) is 0 Å². The Balaban J connectivity index is 2.64. The molecule has 1 heterocycles. The quantitative estimate of drug-likeness (QED) is 0.478. The van der Waals surface area contributed by atoms with E-state index in [0.717, 1.165) is 0 Å². The van der Waals surface area contributed by atoms with E-state index < -0.39 is 12.3 Å². The van der Waals surface area contributed by atoms with Gasteiger partial charge in [0.05, 0.1) is 5.70 Å². The van der Waals surface area contributed by atoms with E-state index in [1.807, 2.05) is 0 Å². The van der Waals surface area contributed by atoms with Gasteiger partial charge in [0, 0.05) is 13.2 Å². The van der Waals surface area contributed by atoms with Crippen molar-refractivity contribution in [3.05, 3.63) is 11.8 Å². The molecule has 1 aliphatic rings. The molecule has 1 aliphatic heterocycles. The maximum atomic E-state index is 10.4. The predicted molar refractivity (Wildman–Crippen MR) is 29.2 cm³/mol. The number of nitrogens with two attached hydrogens (primary N) is 1. The summed E-state index contributed by atoms with van der Waals surface area (Å²) in [5.41, 5.74) is 5.59. The predicted octanol–water partition coefficient (Wildman–Crippen LogP) is -0.642. The highest BCUT2D eigenvalue weighted by Gasteiger charge is 2.22. The molecule has 0 fully saturated rings. The summed E-state index contributed by atoms with van der Waals surface area (Å²) < 4.78 is 9.20. The Hall–Kier alpha value is -1.03. The molecule has 1 rings (SSSR count). The van der Waals surface area contributed by atoms with Crippen molar-refractivity contribution in [2.24, 2.45) is 5.73 Å². The SMILES string of the molecule is COC1OC(=O)C=C1N. The first-order valence-corrected chi connectivity index (χ1v) is 2.44. The summed E-state index contributed by atoms with van der Waals surface area (Å²) in [5, 5.41) is 0. The van der Waals surface area contributed by atoms with Crippen LogP contribution in [0.25, 0.3) is 0 Å². The van der Waals surface area contributed by atoms with Gasteiger partial charge in [0.2, 0.25) is 6.29 Å². The Bertz CT molecular complexity index is 164. The Labute approximate surface area is 52.2 Å². The molecule has 0 aromatic heterocycles. The molecule has 9 heavy (non-hydrogen) atoms. The van der Waals surface area contributed by atoms with Crippen molar-refractivity contribution in [2.45, 2.75) is 6.29 Å². The molecule has 0 amide bonds. The van der Waals surface area contributed by atoms with Crippen LogP contribution in [0.4, 0.5) is 0 Å². The maximum Gasteiger partial charge on any atom is 0.335 e. The topological polar surface area (TPSA) is 61.5 Å². The monoisotopic (exact) mass is 129 g/mol. The summed E-state index contributed by atoms with van der Waals surface area (Å²) in [7, 11) is 1.42. The average Bonchev–Trinajstić information content (AvgIpc) is 2.10. The van der Waals surface area contributed by atoms with Gasteiger partial charge in [-0.3, -0.25) is 0 Å². The van der Waals surface area contributed by atoms with E-state index in [9.17, 15) is 4.79 Å². The molecule has 0 saturated carbocycles. The summed E-state index contributed by atoms with van der Waals surface area (Å²) in [4.78, 5) is 10.4. The van der Waals surface area contributed by atoms with Crippen LogP contribution < -0.4 is 5.73 Å². The Morgan fingerprint density at radius 3 is 2.78 bits per heavy atom. The number of methoxy groups -OCH3 is 1. The molecule has 0 spiro atoms. The zero-order valence-electron chi connectivity index (χ0n) is 4.96. The van der Waals surface area contributed by atoms with E-state index in [1.54, 1.807) is 0 Å². The van der Waals surface area contributed by atoms with Crippen LogP contribution in [0, 0.1) is 0 Å². The average molecular weight is 129 g/mol. The molecule has 0 aromatic rings.